The van der Waals surface area contributed by atoms with Gasteiger partial charge in [0, 0.05) is 12.5 Å². The predicted octanol–water partition coefficient (Wildman–Crippen LogP) is 4.36. The lowest BCUT2D eigenvalue weighted by atomic mass is 9.94. The number of carbonyl (C=O) groups excluding carboxylic acids is 3. The highest BCUT2D eigenvalue weighted by molar-refractivity contribution is 5.81. The molecular weight excluding hydrogens is 462 g/mol. The Kier molecular flexibility index (Phi) is 10.6. The van der Waals surface area contributed by atoms with Gasteiger partial charge in [-0.25, -0.2) is 0 Å². The van der Waals surface area contributed by atoms with E-state index < -0.39 is 48.0 Å². The number of esters is 2. The first-order valence-electron chi connectivity index (χ1n) is 11.9. The van der Waals surface area contributed by atoms with Crippen LogP contribution in [-0.2, 0) is 35.1 Å². The molecule has 1 amide bonds. The van der Waals surface area contributed by atoms with E-state index >= 15 is 0 Å². The molecule has 194 valence electrons. The van der Waals surface area contributed by atoms with Crippen molar-refractivity contribution in [3.8, 4) is 11.1 Å². The number of aliphatic carboxylic acids is 1. The topological polar surface area (TPSA) is 119 Å². The van der Waals surface area contributed by atoms with Crippen LogP contribution in [0.2, 0.25) is 0 Å². The van der Waals surface area contributed by atoms with Gasteiger partial charge < -0.3 is 19.9 Å². The van der Waals surface area contributed by atoms with Gasteiger partial charge in [0.15, 0.2) is 0 Å². The highest BCUT2D eigenvalue weighted by atomic mass is 16.7. The summed E-state index contributed by atoms with van der Waals surface area (Å²) in [4.78, 5) is 47.5. The largest absolute Gasteiger partial charge is 0.481 e. The van der Waals surface area contributed by atoms with Gasteiger partial charge in [0.05, 0.1) is 17.8 Å². The van der Waals surface area contributed by atoms with Crippen molar-refractivity contribution >= 4 is 23.8 Å². The maximum absolute atomic E-state index is 12.5. The lowest BCUT2D eigenvalue weighted by Crippen LogP contribution is -2.39. The minimum absolute atomic E-state index is 0.152. The van der Waals surface area contributed by atoms with Crippen LogP contribution >= 0.6 is 0 Å². The van der Waals surface area contributed by atoms with Crippen LogP contribution in [-0.4, -0.2) is 41.8 Å². The second kappa shape index (κ2) is 13.4. The van der Waals surface area contributed by atoms with E-state index in [2.05, 4.69) is 5.32 Å². The summed E-state index contributed by atoms with van der Waals surface area (Å²) in [6.45, 7) is 6.29. The van der Waals surface area contributed by atoms with Crippen LogP contribution in [0.1, 0.15) is 52.5 Å². The highest BCUT2D eigenvalue weighted by Gasteiger charge is 2.25. The van der Waals surface area contributed by atoms with Gasteiger partial charge in [0.2, 0.25) is 12.7 Å². The molecule has 0 saturated heterocycles. The summed E-state index contributed by atoms with van der Waals surface area (Å²) in [6.07, 6.45) is 0.289. The molecule has 0 saturated carbocycles. The zero-order valence-corrected chi connectivity index (χ0v) is 21.3. The number of hydrogen-bond donors (Lipinski definition) is 2. The molecular formula is C28H35NO7. The minimum atomic E-state index is -1.06. The van der Waals surface area contributed by atoms with Crippen molar-refractivity contribution in [2.75, 3.05) is 6.79 Å². The minimum Gasteiger partial charge on any atom is -0.481 e. The lowest BCUT2D eigenvalue weighted by Gasteiger charge is -2.22. The lowest BCUT2D eigenvalue weighted by molar-refractivity contribution is -0.175. The van der Waals surface area contributed by atoms with Crippen LogP contribution in [0.3, 0.4) is 0 Å². The third kappa shape index (κ3) is 9.90. The molecule has 0 radical (unpaired) electrons. The number of nitrogens with one attached hydrogen (secondary N) is 1. The van der Waals surface area contributed by atoms with Crippen LogP contribution in [0.5, 0.6) is 0 Å². The molecule has 0 aliphatic heterocycles. The Balaban J connectivity index is 2.02. The van der Waals surface area contributed by atoms with Gasteiger partial charge >= 0.3 is 17.9 Å². The van der Waals surface area contributed by atoms with Gasteiger partial charge in [-0.15, -0.1) is 0 Å². The van der Waals surface area contributed by atoms with E-state index in [1.807, 2.05) is 54.6 Å². The third-order valence-electron chi connectivity index (χ3n) is 5.52. The molecule has 0 spiro atoms. The Bertz CT molecular complexity index is 1030. The first-order chi connectivity index (χ1) is 17.0. The molecule has 0 aliphatic rings. The molecule has 0 heterocycles. The van der Waals surface area contributed by atoms with Crippen molar-refractivity contribution in [3.05, 3.63) is 60.2 Å². The van der Waals surface area contributed by atoms with Crippen molar-refractivity contribution in [3.63, 3.8) is 0 Å². The zero-order chi connectivity index (χ0) is 26.7. The SMILES string of the molecule is CC(C[C@@H](Cc1ccc(-c2ccccc2)cc1)NC(=O)CCC(=O)O)C(=O)OCOC(=O)C(C)(C)C. The molecule has 0 fully saturated rings. The normalized spacial score (nSPS) is 12.8. The molecule has 2 aromatic rings. The Morgan fingerprint density at radius 1 is 0.889 bits per heavy atom. The summed E-state index contributed by atoms with van der Waals surface area (Å²) in [5.74, 6) is -3.08. The molecule has 0 aliphatic carbocycles. The zero-order valence-electron chi connectivity index (χ0n) is 21.3. The summed E-state index contributed by atoms with van der Waals surface area (Å²) in [5, 5.41) is 11.7. The Morgan fingerprint density at radius 3 is 2.08 bits per heavy atom. The molecule has 1 unspecified atom stereocenters. The summed E-state index contributed by atoms with van der Waals surface area (Å²) >= 11 is 0. The molecule has 0 bridgehead atoms. The molecule has 36 heavy (non-hydrogen) atoms. The fraction of sp³-hybridized carbons (Fsp3) is 0.429. The van der Waals surface area contributed by atoms with E-state index in [1.54, 1.807) is 27.7 Å². The van der Waals surface area contributed by atoms with Crippen LogP contribution < -0.4 is 5.32 Å². The van der Waals surface area contributed by atoms with E-state index in [4.69, 9.17) is 14.6 Å². The molecule has 2 atom stereocenters. The monoisotopic (exact) mass is 497 g/mol. The standard InChI is InChI=1S/C28H35NO7/c1-19(26(33)35-18-36-27(34)28(2,3)4)16-23(29-24(30)14-15-25(31)32)17-20-10-12-22(13-11-20)21-8-6-5-7-9-21/h5-13,19,23H,14-18H2,1-4H3,(H,29,30)(H,31,32)/t19?,23-/m0/s1. The Morgan fingerprint density at radius 2 is 1.50 bits per heavy atom. The van der Waals surface area contributed by atoms with Crippen molar-refractivity contribution < 1.29 is 33.8 Å². The van der Waals surface area contributed by atoms with Crippen LogP contribution in [0.4, 0.5) is 0 Å². The second-order valence-corrected chi connectivity index (χ2v) is 9.83. The first-order valence-corrected chi connectivity index (χ1v) is 11.9. The van der Waals surface area contributed by atoms with E-state index in [1.165, 1.54) is 0 Å². The number of carboxylic acids is 1. The van der Waals surface area contributed by atoms with Crippen molar-refractivity contribution in [2.45, 2.75) is 59.4 Å². The summed E-state index contributed by atoms with van der Waals surface area (Å²) in [7, 11) is 0. The fourth-order valence-electron chi connectivity index (χ4n) is 3.48. The highest BCUT2D eigenvalue weighted by Crippen LogP contribution is 2.21. The second-order valence-electron chi connectivity index (χ2n) is 9.83. The average molecular weight is 498 g/mol. The number of carbonyl (C=O) groups is 4. The van der Waals surface area contributed by atoms with Crippen LogP contribution in [0, 0.1) is 11.3 Å². The van der Waals surface area contributed by atoms with Gasteiger partial charge in [-0.2, -0.15) is 0 Å². The molecule has 2 N–H and O–H groups in total. The summed E-state index contributed by atoms with van der Waals surface area (Å²) < 4.78 is 10.1. The van der Waals surface area contributed by atoms with Gasteiger partial charge in [0.1, 0.15) is 0 Å². The molecule has 2 rings (SSSR count). The van der Waals surface area contributed by atoms with E-state index in [-0.39, 0.29) is 19.3 Å². The summed E-state index contributed by atoms with van der Waals surface area (Å²) in [6, 6.07) is 17.4. The Labute approximate surface area is 212 Å². The fourth-order valence-corrected chi connectivity index (χ4v) is 3.48. The van der Waals surface area contributed by atoms with Gasteiger partial charge in [-0.3, -0.25) is 19.2 Å². The molecule has 8 heteroatoms. The van der Waals surface area contributed by atoms with Crippen molar-refractivity contribution in [1.82, 2.24) is 5.32 Å². The molecule has 2 aromatic carbocycles. The number of benzene rings is 2. The summed E-state index contributed by atoms with van der Waals surface area (Å²) in [5.41, 5.74) is 2.39. The number of carboxylic acid groups (broad SMARTS) is 1. The third-order valence-corrected chi connectivity index (χ3v) is 5.52. The predicted molar refractivity (Wildman–Crippen MR) is 135 cm³/mol. The van der Waals surface area contributed by atoms with Gasteiger partial charge in [-0.1, -0.05) is 61.5 Å². The molecule has 0 aromatic heterocycles. The first kappa shape index (κ1) is 28.6. The van der Waals surface area contributed by atoms with E-state index in [0.29, 0.717) is 6.42 Å². The number of ether oxygens (including phenoxy) is 2. The quantitative estimate of drug-likeness (QED) is 0.330. The van der Waals surface area contributed by atoms with Gasteiger partial charge in [-0.05, 0) is 50.3 Å². The van der Waals surface area contributed by atoms with Crippen molar-refractivity contribution in [2.24, 2.45) is 11.3 Å². The maximum Gasteiger partial charge on any atom is 0.314 e. The number of amides is 1. The van der Waals surface area contributed by atoms with Crippen LogP contribution in [0.15, 0.2) is 54.6 Å². The number of rotatable bonds is 12. The molecule has 8 nitrogen and oxygen atoms in total. The smallest absolute Gasteiger partial charge is 0.314 e. The van der Waals surface area contributed by atoms with E-state index in [0.717, 1.165) is 16.7 Å². The Hall–Kier alpha value is -3.68. The average Bonchev–Trinajstić information content (AvgIpc) is 2.83. The van der Waals surface area contributed by atoms with Crippen molar-refractivity contribution in [1.29, 1.82) is 0 Å². The maximum atomic E-state index is 12.5. The van der Waals surface area contributed by atoms with E-state index in [9.17, 15) is 19.2 Å². The van der Waals surface area contributed by atoms with Gasteiger partial charge in [0.25, 0.3) is 0 Å². The number of hydrogen-bond acceptors (Lipinski definition) is 6. The van der Waals surface area contributed by atoms with Crippen LogP contribution in [0.25, 0.3) is 11.1 Å².